The average Bonchev–Trinajstić information content (AvgIpc) is 2.64. The van der Waals surface area contributed by atoms with Crippen LogP contribution in [0.1, 0.15) is 30.0 Å². The molecule has 1 aliphatic carbocycles. The zero-order valence-corrected chi connectivity index (χ0v) is 9.75. The average molecular weight is 216 g/mol. The van der Waals surface area contributed by atoms with E-state index >= 15 is 0 Å². The Bertz CT molecular complexity index is 444. The minimum absolute atomic E-state index is 0.136. The first kappa shape index (κ1) is 10.9. The minimum Gasteiger partial charge on any atom is -0.466 e. The summed E-state index contributed by atoms with van der Waals surface area (Å²) in [5.74, 6) is -0.136. The van der Waals surface area contributed by atoms with E-state index in [2.05, 4.69) is 25.1 Å². The molecule has 0 fully saturated rings. The quantitative estimate of drug-likeness (QED) is 0.726. The van der Waals surface area contributed by atoms with Gasteiger partial charge in [0.05, 0.1) is 13.0 Å². The number of hydrogen-bond acceptors (Lipinski definition) is 2. The van der Waals surface area contributed by atoms with Gasteiger partial charge in [-0.25, -0.2) is 0 Å². The Labute approximate surface area is 95.9 Å². The number of carbonyl (C=O) groups excluding carboxylic acids is 1. The molecule has 0 spiro atoms. The lowest BCUT2D eigenvalue weighted by Crippen LogP contribution is -2.04. The van der Waals surface area contributed by atoms with Crippen LogP contribution < -0.4 is 0 Å². The van der Waals surface area contributed by atoms with Gasteiger partial charge in [-0.3, -0.25) is 4.79 Å². The summed E-state index contributed by atoms with van der Waals surface area (Å²) >= 11 is 0. The molecular formula is C14H16O2. The van der Waals surface area contributed by atoms with E-state index < -0.39 is 0 Å². The van der Waals surface area contributed by atoms with Crippen molar-refractivity contribution in [3.05, 3.63) is 41.0 Å². The third-order valence-corrected chi connectivity index (χ3v) is 2.95. The van der Waals surface area contributed by atoms with E-state index in [1.165, 1.54) is 16.7 Å². The van der Waals surface area contributed by atoms with Crippen LogP contribution in [0.3, 0.4) is 0 Å². The van der Waals surface area contributed by atoms with Gasteiger partial charge in [0.15, 0.2) is 0 Å². The molecule has 1 aromatic carbocycles. The molecule has 2 nitrogen and oxygen atoms in total. The predicted octanol–water partition coefficient (Wildman–Crippen LogP) is 2.89. The molecule has 0 amide bonds. The summed E-state index contributed by atoms with van der Waals surface area (Å²) in [5.41, 5.74) is 4.97. The van der Waals surface area contributed by atoms with Crippen molar-refractivity contribution in [2.75, 3.05) is 6.61 Å². The van der Waals surface area contributed by atoms with Gasteiger partial charge >= 0.3 is 5.97 Å². The van der Waals surface area contributed by atoms with E-state index in [4.69, 9.17) is 4.74 Å². The molecule has 2 heteroatoms. The van der Waals surface area contributed by atoms with Gasteiger partial charge in [0.25, 0.3) is 0 Å². The van der Waals surface area contributed by atoms with Gasteiger partial charge in [-0.15, -0.1) is 0 Å². The minimum atomic E-state index is -0.136. The third-order valence-electron chi connectivity index (χ3n) is 2.95. The highest BCUT2D eigenvalue weighted by molar-refractivity contribution is 5.88. The Hall–Kier alpha value is -1.57. The van der Waals surface area contributed by atoms with Gasteiger partial charge in [0.2, 0.25) is 0 Å². The second-order valence-electron chi connectivity index (χ2n) is 4.02. The summed E-state index contributed by atoms with van der Waals surface area (Å²) in [6.45, 7) is 4.39. The molecule has 0 bridgehead atoms. The number of benzene rings is 1. The monoisotopic (exact) mass is 216 g/mol. The predicted molar refractivity (Wildman–Crippen MR) is 64.1 cm³/mol. The van der Waals surface area contributed by atoms with Crippen molar-refractivity contribution in [1.82, 2.24) is 0 Å². The molecule has 0 N–H and O–H groups in total. The number of fused-ring (bicyclic) bond motifs is 1. The first-order valence-electron chi connectivity index (χ1n) is 5.66. The summed E-state index contributed by atoms with van der Waals surface area (Å²) in [4.78, 5) is 11.4. The molecule has 0 aromatic heterocycles. The standard InChI is InChI=1S/C14H16O2/c1-3-16-14(15)9-11-7-8-12-10(2)5-4-6-13(11)12/h4-7H,3,8-9H2,1-2H3. The largest absolute Gasteiger partial charge is 0.466 e. The number of carbonyl (C=O) groups is 1. The number of esters is 1. The van der Waals surface area contributed by atoms with Crippen LogP contribution >= 0.6 is 0 Å². The topological polar surface area (TPSA) is 26.3 Å². The van der Waals surface area contributed by atoms with Crippen LogP contribution in [0.25, 0.3) is 5.57 Å². The third kappa shape index (κ3) is 2.01. The van der Waals surface area contributed by atoms with Gasteiger partial charge in [-0.05, 0) is 42.5 Å². The van der Waals surface area contributed by atoms with Crippen LogP contribution in [0.4, 0.5) is 0 Å². The zero-order chi connectivity index (χ0) is 11.5. The maximum Gasteiger partial charge on any atom is 0.310 e. The van der Waals surface area contributed by atoms with Crippen molar-refractivity contribution in [2.24, 2.45) is 0 Å². The van der Waals surface area contributed by atoms with Crippen molar-refractivity contribution in [3.63, 3.8) is 0 Å². The van der Waals surface area contributed by atoms with Crippen LogP contribution in [0.5, 0.6) is 0 Å². The van der Waals surface area contributed by atoms with Gasteiger partial charge in [-0.1, -0.05) is 24.3 Å². The molecule has 0 saturated heterocycles. The number of ether oxygens (including phenoxy) is 1. The first-order valence-corrected chi connectivity index (χ1v) is 5.66. The molecule has 0 unspecified atom stereocenters. The molecule has 2 rings (SSSR count). The van der Waals surface area contributed by atoms with Crippen molar-refractivity contribution in [2.45, 2.75) is 26.7 Å². The molecule has 0 atom stereocenters. The van der Waals surface area contributed by atoms with Crippen molar-refractivity contribution in [3.8, 4) is 0 Å². The van der Waals surface area contributed by atoms with E-state index in [-0.39, 0.29) is 5.97 Å². The maximum atomic E-state index is 11.4. The SMILES string of the molecule is CCOC(=O)CC1=CCc2c(C)cccc21. The molecular weight excluding hydrogens is 200 g/mol. The Morgan fingerprint density at radius 1 is 1.44 bits per heavy atom. The van der Waals surface area contributed by atoms with E-state index in [0.717, 1.165) is 12.0 Å². The van der Waals surface area contributed by atoms with Crippen LogP contribution in [0.2, 0.25) is 0 Å². The van der Waals surface area contributed by atoms with Crippen LogP contribution in [-0.2, 0) is 16.0 Å². The highest BCUT2D eigenvalue weighted by Gasteiger charge is 2.18. The highest BCUT2D eigenvalue weighted by Crippen LogP contribution is 2.31. The van der Waals surface area contributed by atoms with Gasteiger partial charge in [0, 0.05) is 0 Å². The molecule has 0 saturated carbocycles. The summed E-state index contributed by atoms with van der Waals surface area (Å²) in [6.07, 6.45) is 3.47. The Morgan fingerprint density at radius 2 is 2.25 bits per heavy atom. The lowest BCUT2D eigenvalue weighted by Gasteiger charge is -2.07. The lowest BCUT2D eigenvalue weighted by molar-refractivity contribution is -0.141. The van der Waals surface area contributed by atoms with Crippen LogP contribution in [-0.4, -0.2) is 12.6 Å². The fourth-order valence-electron chi connectivity index (χ4n) is 2.14. The highest BCUT2D eigenvalue weighted by atomic mass is 16.5. The van der Waals surface area contributed by atoms with Crippen molar-refractivity contribution < 1.29 is 9.53 Å². The molecule has 1 aliphatic rings. The molecule has 0 radical (unpaired) electrons. The van der Waals surface area contributed by atoms with E-state index in [9.17, 15) is 4.79 Å². The zero-order valence-electron chi connectivity index (χ0n) is 9.75. The number of allylic oxidation sites excluding steroid dienone is 1. The molecule has 1 aromatic rings. The summed E-state index contributed by atoms with van der Waals surface area (Å²) in [5, 5.41) is 0. The Kier molecular flexibility index (Phi) is 3.09. The van der Waals surface area contributed by atoms with E-state index in [0.29, 0.717) is 13.0 Å². The molecule has 16 heavy (non-hydrogen) atoms. The maximum absolute atomic E-state index is 11.4. The van der Waals surface area contributed by atoms with Crippen LogP contribution in [0.15, 0.2) is 24.3 Å². The number of aryl methyl sites for hydroxylation is 1. The van der Waals surface area contributed by atoms with E-state index in [1.807, 2.05) is 13.0 Å². The fraction of sp³-hybridized carbons (Fsp3) is 0.357. The van der Waals surface area contributed by atoms with Crippen molar-refractivity contribution >= 4 is 11.5 Å². The normalized spacial score (nSPS) is 13.2. The molecule has 0 heterocycles. The van der Waals surface area contributed by atoms with Gasteiger partial charge in [-0.2, -0.15) is 0 Å². The van der Waals surface area contributed by atoms with Crippen LogP contribution in [0, 0.1) is 6.92 Å². The summed E-state index contributed by atoms with van der Waals surface area (Å²) in [7, 11) is 0. The van der Waals surface area contributed by atoms with Crippen molar-refractivity contribution in [1.29, 1.82) is 0 Å². The first-order chi connectivity index (χ1) is 7.72. The summed E-state index contributed by atoms with van der Waals surface area (Å²) < 4.78 is 4.97. The molecule has 0 aliphatic heterocycles. The second-order valence-corrected chi connectivity index (χ2v) is 4.02. The summed E-state index contributed by atoms with van der Waals surface area (Å²) in [6, 6.07) is 6.23. The smallest absolute Gasteiger partial charge is 0.310 e. The van der Waals surface area contributed by atoms with E-state index in [1.54, 1.807) is 0 Å². The lowest BCUT2D eigenvalue weighted by atomic mass is 10.00. The number of hydrogen-bond donors (Lipinski definition) is 0. The van der Waals surface area contributed by atoms with Gasteiger partial charge in [0.1, 0.15) is 0 Å². The Morgan fingerprint density at radius 3 is 3.00 bits per heavy atom. The Balaban J connectivity index is 2.17. The second kappa shape index (κ2) is 4.52. The number of rotatable bonds is 3. The van der Waals surface area contributed by atoms with Gasteiger partial charge < -0.3 is 4.74 Å². The fourth-order valence-corrected chi connectivity index (χ4v) is 2.14. The molecule has 84 valence electrons.